The van der Waals surface area contributed by atoms with Crippen molar-refractivity contribution >= 4 is 11.3 Å². The van der Waals surface area contributed by atoms with Crippen LogP contribution in [0.5, 0.6) is 0 Å². The summed E-state index contributed by atoms with van der Waals surface area (Å²) < 4.78 is 6.04. The third-order valence-corrected chi connectivity index (χ3v) is 4.95. The lowest BCUT2D eigenvalue weighted by Crippen LogP contribution is -2.42. The van der Waals surface area contributed by atoms with E-state index in [2.05, 4.69) is 29.5 Å². The van der Waals surface area contributed by atoms with E-state index < -0.39 is 0 Å². The summed E-state index contributed by atoms with van der Waals surface area (Å²) in [6.07, 6.45) is 5.72. The first-order valence-electron chi connectivity index (χ1n) is 6.19. The monoisotopic (exact) mass is 237 g/mol. The first kappa shape index (κ1) is 10.8. The largest absolute Gasteiger partial charge is 0.373 e. The van der Waals surface area contributed by atoms with Gasteiger partial charge in [-0.3, -0.25) is 0 Å². The van der Waals surface area contributed by atoms with Crippen LogP contribution in [-0.2, 0) is 11.3 Å². The average Bonchev–Trinajstić information content (AvgIpc) is 2.84. The molecule has 2 aliphatic heterocycles. The molecule has 2 nitrogen and oxygen atoms in total. The Bertz CT molecular complexity index is 324. The van der Waals surface area contributed by atoms with Gasteiger partial charge in [0.2, 0.25) is 0 Å². The molecule has 1 aromatic rings. The quantitative estimate of drug-likeness (QED) is 0.801. The number of rotatable bonds is 3. The van der Waals surface area contributed by atoms with Gasteiger partial charge in [0.1, 0.15) is 0 Å². The lowest BCUT2D eigenvalue weighted by atomic mass is 10.0. The van der Waals surface area contributed by atoms with Crippen LogP contribution in [-0.4, -0.2) is 30.1 Å². The van der Waals surface area contributed by atoms with Crippen LogP contribution in [0.4, 0.5) is 0 Å². The predicted octanol–water partition coefficient (Wildman–Crippen LogP) is 2.89. The molecule has 2 aliphatic rings. The summed E-state index contributed by atoms with van der Waals surface area (Å²) in [7, 11) is 2.28. The standard InChI is InChI=1S/C13H19NOS/c1-14-10-4-5-11(14)8-12(7-10)15-9-13-3-2-6-16-13/h2-3,6,10-12H,4-5,7-9H2,1H3. The number of fused-ring (bicyclic) bond motifs is 2. The second-order valence-corrected chi connectivity index (χ2v) is 6.07. The Morgan fingerprint density at radius 1 is 1.38 bits per heavy atom. The molecule has 0 N–H and O–H groups in total. The fourth-order valence-corrected chi connectivity index (χ4v) is 3.72. The van der Waals surface area contributed by atoms with Crippen LogP contribution in [0.2, 0.25) is 0 Å². The Morgan fingerprint density at radius 3 is 2.75 bits per heavy atom. The van der Waals surface area contributed by atoms with Gasteiger partial charge in [0.25, 0.3) is 0 Å². The van der Waals surface area contributed by atoms with Gasteiger partial charge in [0.05, 0.1) is 12.7 Å². The molecule has 2 atom stereocenters. The van der Waals surface area contributed by atoms with Gasteiger partial charge in [-0.2, -0.15) is 0 Å². The van der Waals surface area contributed by atoms with Gasteiger partial charge in [-0.1, -0.05) is 6.07 Å². The number of nitrogens with zero attached hydrogens (tertiary/aromatic N) is 1. The van der Waals surface area contributed by atoms with Crippen molar-refractivity contribution < 1.29 is 4.74 Å². The van der Waals surface area contributed by atoms with E-state index in [4.69, 9.17) is 4.74 Å². The van der Waals surface area contributed by atoms with Crippen molar-refractivity contribution in [1.29, 1.82) is 0 Å². The van der Waals surface area contributed by atoms with E-state index in [9.17, 15) is 0 Å². The number of ether oxygens (including phenoxy) is 1. The molecule has 88 valence electrons. The van der Waals surface area contributed by atoms with Crippen LogP contribution in [0, 0.1) is 0 Å². The normalized spacial score (nSPS) is 34.4. The number of hydrogen-bond donors (Lipinski definition) is 0. The van der Waals surface area contributed by atoms with E-state index >= 15 is 0 Å². The van der Waals surface area contributed by atoms with Crippen LogP contribution < -0.4 is 0 Å². The van der Waals surface area contributed by atoms with Crippen LogP contribution in [0.3, 0.4) is 0 Å². The first-order chi connectivity index (χ1) is 7.83. The Morgan fingerprint density at radius 2 is 2.12 bits per heavy atom. The van der Waals surface area contributed by atoms with Crippen molar-refractivity contribution in [3.8, 4) is 0 Å². The molecule has 2 fully saturated rings. The van der Waals surface area contributed by atoms with Crippen molar-refractivity contribution in [1.82, 2.24) is 4.90 Å². The summed E-state index contributed by atoms with van der Waals surface area (Å²) >= 11 is 1.79. The number of hydrogen-bond acceptors (Lipinski definition) is 3. The molecule has 3 heterocycles. The molecule has 3 rings (SSSR count). The van der Waals surface area contributed by atoms with Gasteiger partial charge in [-0.05, 0) is 44.2 Å². The topological polar surface area (TPSA) is 12.5 Å². The molecule has 0 saturated carbocycles. The third kappa shape index (κ3) is 2.04. The lowest BCUT2D eigenvalue weighted by Gasteiger charge is -2.36. The fraction of sp³-hybridized carbons (Fsp3) is 0.692. The molecule has 2 bridgehead atoms. The van der Waals surface area contributed by atoms with Crippen LogP contribution in [0.15, 0.2) is 17.5 Å². The van der Waals surface area contributed by atoms with Crippen molar-refractivity contribution in [3.05, 3.63) is 22.4 Å². The van der Waals surface area contributed by atoms with Crippen LogP contribution in [0.1, 0.15) is 30.6 Å². The molecular formula is C13H19NOS. The minimum absolute atomic E-state index is 0.496. The summed E-state index contributed by atoms with van der Waals surface area (Å²) in [6, 6.07) is 5.83. The minimum Gasteiger partial charge on any atom is -0.373 e. The zero-order valence-corrected chi connectivity index (χ0v) is 10.6. The summed E-state index contributed by atoms with van der Waals surface area (Å²) in [5.74, 6) is 0. The van der Waals surface area contributed by atoms with Gasteiger partial charge in [0, 0.05) is 17.0 Å². The highest BCUT2D eigenvalue weighted by atomic mass is 32.1. The Hall–Kier alpha value is -0.380. The van der Waals surface area contributed by atoms with E-state index in [1.165, 1.54) is 30.6 Å². The molecule has 2 saturated heterocycles. The van der Waals surface area contributed by atoms with Gasteiger partial charge in [0.15, 0.2) is 0 Å². The maximum absolute atomic E-state index is 6.04. The SMILES string of the molecule is CN1C2CCC1CC(OCc1cccs1)C2. The van der Waals surface area contributed by atoms with E-state index in [1.54, 1.807) is 11.3 Å². The summed E-state index contributed by atoms with van der Waals surface area (Å²) in [5, 5.41) is 2.12. The maximum Gasteiger partial charge on any atom is 0.0813 e. The second kappa shape index (κ2) is 4.47. The molecule has 16 heavy (non-hydrogen) atoms. The molecule has 1 aromatic heterocycles. The molecule has 0 amide bonds. The minimum atomic E-state index is 0.496. The average molecular weight is 237 g/mol. The molecule has 0 aliphatic carbocycles. The first-order valence-corrected chi connectivity index (χ1v) is 7.07. The van der Waals surface area contributed by atoms with Gasteiger partial charge in [-0.25, -0.2) is 0 Å². The summed E-state index contributed by atoms with van der Waals surface area (Å²) in [5.41, 5.74) is 0. The van der Waals surface area contributed by atoms with Gasteiger partial charge >= 0.3 is 0 Å². The molecule has 3 heteroatoms. The van der Waals surface area contributed by atoms with Gasteiger partial charge < -0.3 is 9.64 Å². The number of piperidine rings is 1. The highest BCUT2D eigenvalue weighted by Gasteiger charge is 2.38. The smallest absolute Gasteiger partial charge is 0.0813 e. The highest BCUT2D eigenvalue weighted by molar-refractivity contribution is 7.09. The lowest BCUT2D eigenvalue weighted by molar-refractivity contribution is -0.0201. The summed E-state index contributed by atoms with van der Waals surface area (Å²) in [4.78, 5) is 3.91. The third-order valence-electron chi connectivity index (χ3n) is 4.10. The van der Waals surface area contributed by atoms with Crippen LogP contribution in [0.25, 0.3) is 0 Å². The zero-order chi connectivity index (χ0) is 11.0. The maximum atomic E-state index is 6.04. The number of thiophene rings is 1. The van der Waals surface area contributed by atoms with E-state index in [1.807, 2.05) is 0 Å². The van der Waals surface area contributed by atoms with E-state index in [0.717, 1.165) is 18.7 Å². The molecule has 0 spiro atoms. The van der Waals surface area contributed by atoms with E-state index in [0.29, 0.717) is 6.10 Å². The highest BCUT2D eigenvalue weighted by Crippen LogP contribution is 2.35. The van der Waals surface area contributed by atoms with Crippen molar-refractivity contribution in [2.24, 2.45) is 0 Å². The van der Waals surface area contributed by atoms with E-state index in [-0.39, 0.29) is 0 Å². The Kier molecular flexibility index (Phi) is 3.01. The molecular weight excluding hydrogens is 218 g/mol. The summed E-state index contributed by atoms with van der Waals surface area (Å²) in [6.45, 7) is 0.811. The molecule has 0 radical (unpaired) electrons. The Balaban J connectivity index is 1.54. The predicted molar refractivity (Wildman–Crippen MR) is 66.7 cm³/mol. The van der Waals surface area contributed by atoms with Crippen molar-refractivity contribution in [3.63, 3.8) is 0 Å². The van der Waals surface area contributed by atoms with Gasteiger partial charge in [-0.15, -0.1) is 11.3 Å². The fourth-order valence-electron chi connectivity index (χ4n) is 3.09. The molecule has 0 aromatic carbocycles. The zero-order valence-electron chi connectivity index (χ0n) is 9.76. The molecule has 2 unspecified atom stereocenters. The van der Waals surface area contributed by atoms with Crippen molar-refractivity contribution in [2.75, 3.05) is 7.05 Å². The second-order valence-electron chi connectivity index (χ2n) is 5.03. The van der Waals surface area contributed by atoms with Crippen LogP contribution >= 0.6 is 11.3 Å². The van der Waals surface area contributed by atoms with Crippen molar-refractivity contribution in [2.45, 2.75) is 50.5 Å². The Labute approximate surface area is 101 Å².